The Morgan fingerprint density at radius 2 is 1.79 bits per heavy atom. The Morgan fingerprint density at radius 1 is 1.26 bits per heavy atom. The summed E-state index contributed by atoms with van der Waals surface area (Å²) in [6.45, 7) is 5.20. The van der Waals surface area contributed by atoms with Crippen molar-refractivity contribution in [1.82, 2.24) is 5.32 Å². The van der Waals surface area contributed by atoms with Crippen molar-refractivity contribution in [3.63, 3.8) is 0 Å². The van der Waals surface area contributed by atoms with Crippen molar-refractivity contribution >= 4 is 11.9 Å². The number of carboxylic acids is 1. The van der Waals surface area contributed by atoms with Gasteiger partial charge in [-0.15, -0.1) is 0 Å². The van der Waals surface area contributed by atoms with Gasteiger partial charge in [-0.1, -0.05) is 18.2 Å². The maximum Gasteiger partial charge on any atom is 0.325 e. The van der Waals surface area contributed by atoms with Crippen LogP contribution in [0.4, 0.5) is 0 Å². The van der Waals surface area contributed by atoms with Crippen LogP contribution in [0.5, 0.6) is 0 Å². The molecule has 1 rings (SSSR count). The van der Waals surface area contributed by atoms with Gasteiger partial charge in [0.1, 0.15) is 6.04 Å². The van der Waals surface area contributed by atoms with Crippen molar-refractivity contribution in [2.24, 2.45) is 0 Å². The SMILES string of the molecule is COC(C(=O)NC(C)C(=O)O)c1c(C)cccc1C. The molecule has 0 aliphatic rings. The molecule has 1 aromatic rings. The molecule has 0 aliphatic heterocycles. The first kappa shape index (κ1) is 15.2. The van der Waals surface area contributed by atoms with Crippen LogP contribution in [0.15, 0.2) is 18.2 Å². The molecule has 0 fully saturated rings. The van der Waals surface area contributed by atoms with E-state index in [-0.39, 0.29) is 0 Å². The quantitative estimate of drug-likeness (QED) is 0.847. The average molecular weight is 265 g/mol. The molecule has 5 heteroatoms. The predicted octanol–water partition coefficient (Wildman–Crippen LogP) is 1.58. The summed E-state index contributed by atoms with van der Waals surface area (Å²) in [5, 5.41) is 11.2. The summed E-state index contributed by atoms with van der Waals surface area (Å²) in [4.78, 5) is 22.9. The molecule has 104 valence electrons. The van der Waals surface area contributed by atoms with E-state index in [4.69, 9.17) is 9.84 Å². The van der Waals surface area contributed by atoms with Crippen molar-refractivity contribution in [3.8, 4) is 0 Å². The number of ether oxygens (including phenoxy) is 1. The Kier molecular flexibility index (Phi) is 5.06. The van der Waals surface area contributed by atoms with Gasteiger partial charge >= 0.3 is 5.97 Å². The second-order valence-corrected chi connectivity index (χ2v) is 4.49. The lowest BCUT2D eigenvalue weighted by molar-refractivity contribution is -0.143. The minimum absolute atomic E-state index is 0.449. The lowest BCUT2D eigenvalue weighted by Gasteiger charge is -2.21. The van der Waals surface area contributed by atoms with Crippen LogP contribution in [0, 0.1) is 13.8 Å². The first-order chi connectivity index (χ1) is 8.88. The first-order valence-corrected chi connectivity index (χ1v) is 6.00. The average Bonchev–Trinajstić information content (AvgIpc) is 2.33. The van der Waals surface area contributed by atoms with E-state index in [0.717, 1.165) is 16.7 Å². The number of aryl methyl sites for hydroxylation is 2. The number of carbonyl (C=O) groups excluding carboxylic acids is 1. The van der Waals surface area contributed by atoms with Crippen LogP contribution in [0.25, 0.3) is 0 Å². The Bertz CT molecular complexity index is 464. The highest BCUT2D eigenvalue weighted by Gasteiger charge is 2.26. The van der Waals surface area contributed by atoms with E-state index in [1.54, 1.807) is 0 Å². The zero-order valence-electron chi connectivity index (χ0n) is 11.6. The molecule has 1 aromatic carbocycles. The Labute approximate surface area is 112 Å². The number of hydrogen-bond acceptors (Lipinski definition) is 3. The van der Waals surface area contributed by atoms with Gasteiger partial charge in [-0.25, -0.2) is 0 Å². The van der Waals surface area contributed by atoms with Gasteiger partial charge in [0.25, 0.3) is 5.91 Å². The van der Waals surface area contributed by atoms with Gasteiger partial charge in [0.2, 0.25) is 0 Å². The number of nitrogens with one attached hydrogen (secondary N) is 1. The summed E-state index contributed by atoms with van der Waals surface area (Å²) in [5.74, 6) is -1.53. The van der Waals surface area contributed by atoms with E-state index in [1.807, 2.05) is 32.0 Å². The highest BCUT2D eigenvalue weighted by Crippen LogP contribution is 2.24. The number of rotatable bonds is 5. The molecule has 1 amide bonds. The van der Waals surface area contributed by atoms with Crippen LogP contribution in [0.2, 0.25) is 0 Å². The molecule has 5 nitrogen and oxygen atoms in total. The number of carboxylic acid groups (broad SMARTS) is 1. The molecule has 2 N–H and O–H groups in total. The topological polar surface area (TPSA) is 75.6 Å². The summed E-state index contributed by atoms with van der Waals surface area (Å²) in [6.07, 6.45) is -0.803. The highest BCUT2D eigenvalue weighted by molar-refractivity contribution is 5.87. The van der Waals surface area contributed by atoms with Crippen molar-refractivity contribution in [2.75, 3.05) is 7.11 Å². The van der Waals surface area contributed by atoms with Crippen LogP contribution < -0.4 is 5.32 Å². The van der Waals surface area contributed by atoms with E-state index in [0.29, 0.717) is 0 Å². The maximum atomic E-state index is 12.1. The smallest absolute Gasteiger partial charge is 0.325 e. The molecule has 2 atom stereocenters. The second-order valence-electron chi connectivity index (χ2n) is 4.49. The third kappa shape index (κ3) is 3.54. The minimum Gasteiger partial charge on any atom is -0.480 e. The number of methoxy groups -OCH3 is 1. The molecular formula is C14H19NO4. The summed E-state index contributed by atoms with van der Waals surface area (Å²) < 4.78 is 5.24. The number of carbonyl (C=O) groups is 2. The summed E-state index contributed by atoms with van der Waals surface area (Å²) in [7, 11) is 1.43. The monoisotopic (exact) mass is 265 g/mol. The molecule has 0 aromatic heterocycles. The number of benzene rings is 1. The molecule has 0 spiro atoms. The Balaban J connectivity index is 3.01. The van der Waals surface area contributed by atoms with Gasteiger partial charge in [0, 0.05) is 7.11 Å². The summed E-state index contributed by atoms with van der Waals surface area (Å²) in [6, 6.07) is 4.73. The van der Waals surface area contributed by atoms with Gasteiger partial charge in [0.05, 0.1) is 0 Å². The largest absolute Gasteiger partial charge is 0.480 e. The van der Waals surface area contributed by atoms with E-state index in [9.17, 15) is 9.59 Å². The second kappa shape index (κ2) is 6.33. The van der Waals surface area contributed by atoms with Crippen molar-refractivity contribution in [3.05, 3.63) is 34.9 Å². The fourth-order valence-electron chi connectivity index (χ4n) is 1.95. The van der Waals surface area contributed by atoms with E-state index in [2.05, 4.69) is 5.32 Å². The van der Waals surface area contributed by atoms with Crippen LogP contribution in [-0.4, -0.2) is 30.1 Å². The predicted molar refractivity (Wildman–Crippen MR) is 70.9 cm³/mol. The molecule has 0 saturated carbocycles. The van der Waals surface area contributed by atoms with Crippen LogP contribution in [0.3, 0.4) is 0 Å². The summed E-state index contributed by atoms with van der Waals surface area (Å²) in [5.41, 5.74) is 2.65. The lowest BCUT2D eigenvalue weighted by Crippen LogP contribution is -2.41. The van der Waals surface area contributed by atoms with E-state index < -0.39 is 24.0 Å². The van der Waals surface area contributed by atoms with Crippen LogP contribution in [-0.2, 0) is 14.3 Å². The Hall–Kier alpha value is -1.88. The summed E-state index contributed by atoms with van der Waals surface area (Å²) >= 11 is 0. The van der Waals surface area contributed by atoms with Crippen LogP contribution in [0.1, 0.15) is 29.7 Å². The minimum atomic E-state index is -1.08. The van der Waals surface area contributed by atoms with Crippen molar-refractivity contribution in [2.45, 2.75) is 32.9 Å². The zero-order valence-corrected chi connectivity index (χ0v) is 11.6. The highest BCUT2D eigenvalue weighted by atomic mass is 16.5. The van der Waals surface area contributed by atoms with Gasteiger partial charge in [-0.3, -0.25) is 9.59 Å². The van der Waals surface area contributed by atoms with E-state index in [1.165, 1.54) is 14.0 Å². The normalized spacial score (nSPS) is 13.7. The fourth-order valence-corrected chi connectivity index (χ4v) is 1.95. The third-order valence-electron chi connectivity index (χ3n) is 3.01. The van der Waals surface area contributed by atoms with Crippen molar-refractivity contribution in [1.29, 1.82) is 0 Å². The fraction of sp³-hybridized carbons (Fsp3) is 0.429. The lowest BCUT2D eigenvalue weighted by atomic mass is 9.97. The number of amides is 1. The van der Waals surface area contributed by atoms with E-state index >= 15 is 0 Å². The molecule has 0 heterocycles. The van der Waals surface area contributed by atoms with Gasteiger partial charge in [0.15, 0.2) is 6.10 Å². The molecule has 0 bridgehead atoms. The molecule has 0 saturated heterocycles. The Morgan fingerprint density at radius 3 is 2.21 bits per heavy atom. The van der Waals surface area contributed by atoms with Gasteiger partial charge in [-0.2, -0.15) is 0 Å². The molecule has 2 unspecified atom stereocenters. The number of aliphatic carboxylic acids is 1. The van der Waals surface area contributed by atoms with Gasteiger partial charge in [-0.05, 0) is 37.5 Å². The molecular weight excluding hydrogens is 246 g/mol. The third-order valence-corrected chi connectivity index (χ3v) is 3.01. The maximum absolute atomic E-state index is 12.1. The molecule has 19 heavy (non-hydrogen) atoms. The standard InChI is InChI=1S/C14H19NO4/c1-8-6-5-7-9(2)11(8)12(19-4)13(16)15-10(3)14(17)18/h5-7,10,12H,1-4H3,(H,15,16)(H,17,18). The van der Waals surface area contributed by atoms with Crippen molar-refractivity contribution < 1.29 is 19.4 Å². The zero-order chi connectivity index (χ0) is 14.6. The van der Waals surface area contributed by atoms with Gasteiger partial charge < -0.3 is 15.2 Å². The number of hydrogen-bond donors (Lipinski definition) is 2. The molecule has 0 radical (unpaired) electrons. The van der Waals surface area contributed by atoms with Crippen LogP contribution >= 0.6 is 0 Å². The first-order valence-electron chi connectivity index (χ1n) is 6.00. The molecule has 0 aliphatic carbocycles.